The van der Waals surface area contributed by atoms with Gasteiger partial charge in [0.2, 0.25) is 17.7 Å². The Balaban J connectivity index is 1.48. The molecule has 138 valence electrons. The summed E-state index contributed by atoms with van der Waals surface area (Å²) in [5.41, 5.74) is 4.31. The number of nitriles is 1. The molecule has 0 fully saturated rings. The number of amides is 1. The van der Waals surface area contributed by atoms with Crippen LogP contribution < -0.4 is 5.32 Å². The molecule has 4 aromatic rings. The molecule has 4 rings (SSSR count). The summed E-state index contributed by atoms with van der Waals surface area (Å²) in [5, 5.41) is 19.9. The maximum atomic E-state index is 11.6. The average molecular weight is 371 g/mol. The summed E-state index contributed by atoms with van der Waals surface area (Å²) >= 11 is 0. The SMILES string of the molecule is N#CCNC(=O)Cc1nnc(Cc2cc3cc(-c4ccccc4)ccc3[nH]2)o1. The van der Waals surface area contributed by atoms with Gasteiger partial charge in [0.25, 0.3) is 0 Å². The molecule has 0 atom stereocenters. The second-order valence-corrected chi connectivity index (χ2v) is 6.34. The Morgan fingerprint density at radius 2 is 1.89 bits per heavy atom. The number of aromatic amines is 1. The lowest BCUT2D eigenvalue weighted by Gasteiger charge is -2.00. The first-order chi connectivity index (χ1) is 13.7. The van der Waals surface area contributed by atoms with E-state index in [2.05, 4.69) is 56.9 Å². The van der Waals surface area contributed by atoms with Crippen LogP contribution >= 0.6 is 0 Å². The van der Waals surface area contributed by atoms with Gasteiger partial charge in [-0.05, 0) is 29.3 Å². The number of H-pyrrole nitrogens is 1. The normalized spacial score (nSPS) is 10.7. The van der Waals surface area contributed by atoms with E-state index in [-0.39, 0.29) is 24.8 Å². The van der Waals surface area contributed by atoms with E-state index in [9.17, 15) is 4.79 Å². The average Bonchev–Trinajstić information content (AvgIpc) is 3.32. The summed E-state index contributed by atoms with van der Waals surface area (Å²) in [6.45, 7) is -0.0418. The number of hydrogen-bond donors (Lipinski definition) is 2. The minimum absolute atomic E-state index is 0.0399. The Morgan fingerprint density at radius 1 is 1.07 bits per heavy atom. The molecule has 0 saturated heterocycles. The van der Waals surface area contributed by atoms with Gasteiger partial charge in [0.05, 0.1) is 12.5 Å². The lowest BCUT2D eigenvalue weighted by molar-refractivity contribution is -0.120. The Labute approximate surface area is 161 Å². The highest BCUT2D eigenvalue weighted by atomic mass is 16.4. The molecular weight excluding hydrogens is 354 g/mol. The van der Waals surface area contributed by atoms with Crippen molar-refractivity contribution in [3.8, 4) is 17.2 Å². The van der Waals surface area contributed by atoms with E-state index in [1.165, 1.54) is 5.56 Å². The number of carbonyl (C=O) groups is 1. The van der Waals surface area contributed by atoms with Crippen molar-refractivity contribution in [2.75, 3.05) is 6.54 Å². The summed E-state index contributed by atoms with van der Waals surface area (Å²) in [7, 11) is 0. The molecule has 0 aliphatic rings. The van der Waals surface area contributed by atoms with Crippen molar-refractivity contribution in [3.63, 3.8) is 0 Å². The minimum atomic E-state index is -0.323. The lowest BCUT2D eigenvalue weighted by atomic mass is 10.0. The van der Waals surface area contributed by atoms with Crippen molar-refractivity contribution in [1.29, 1.82) is 5.26 Å². The van der Waals surface area contributed by atoms with Gasteiger partial charge in [-0.2, -0.15) is 5.26 Å². The number of nitrogens with zero attached hydrogens (tertiary/aromatic N) is 3. The molecule has 7 nitrogen and oxygen atoms in total. The van der Waals surface area contributed by atoms with Gasteiger partial charge in [0, 0.05) is 16.6 Å². The van der Waals surface area contributed by atoms with Crippen LogP contribution in [0, 0.1) is 11.3 Å². The highest BCUT2D eigenvalue weighted by molar-refractivity contribution is 5.86. The summed E-state index contributed by atoms with van der Waals surface area (Å²) in [4.78, 5) is 15.0. The smallest absolute Gasteiger partial charge is 0.230 e. The van der Waals surface area contributed by atoms with Crippen LogP contribution in [0.1, 0.15) is 17.5 Å². The zero-order chi connectivity index (χ0) is 19.3. The van der Waals surface area contributed by atoms with Gasteiger partial charge in [0.1, 0.15) is 13.0 Å². The van der Waals surface area contributed by atoms with Gasteiger partial charge in [0.15, 0.2) is 0 Å². The topological polar surface area (TPSA) is 108 Å². The van der Waals surface area contributed by atoms with Crippen LogP contribution in [0.2, 0.25) is 0 Å². The minimum Gasteiger partial charge on any atom is -0.424 e. The van der Waals surface area contributed by atoms with Crippen LogP contribution in [0.4, 0.5) is 0 Å². The molecule has 0 radical (unpaired) electrons. The fourth-order valence-corrected chi connectivity index (χ4v) is 3.03. The third-order valence-electron chi connectivity index (χ3n) is 4.31. The van der Waals surface area contributed by atoms with Gasteiger partial charge in [-0.1, -0.05) is 36.4 Å². The molecular formula is C21H17N5O2. The second-order valence-electron chi connectivity index (χ2n) is 6.34. The van der Waals surface area contributed by atoms with E-state index in [4.69, 9.17) is 9.68 Å². The zero-order valence-electron chi connectivity index (χ0n) is 15.0. The summed E-state index contributed by atoms with van der Waals surface area (Å²) in [5.74, 6) is 0.335. The Bertz CT molecular complexity index is 1150. The number of carbonyl (C=O) groups excluding carboxylic acids is 1. The van der Waals surface area contributed by atoms with Gasteiger partial charge in [-0.15, -0.1) is 10.2 Å². The zero-order valence-corrected chi connectivity index (χ0v) is 15.0. The molecule has 0 saturated carbocycles. The third kappa shape index (κ3) is 3.91. The van der Waals surface area contributed by atoms with Crippen molar-refractivity contribution < 1.29 is 9.21 Å². The number of aromatic nitrogens is 3. The molecule has 2 N–H and O–H groups in total. The molecule has 0 aliphatic heterocycles. The Kier molecular flexibility index (Phi) is 4.85. The van der Waals surface area contributed by atoms with Gasteiger partial charge in [-0.3, -0.25) is 4.79 Å². The highest BCUT2D eigenvalue weighted by Crippen LogP contribution is 2.25. The fraction of sp³-hybridized carbons (Fsp3) is 0.143. The van der Waals surface area contributed by atoms with Crippen LogP contribution in [0.15, 0.2) is 59.0 Å². The largest absolute Gasteiger partial charge is 0.424 e. The monoisotopic (exact) mass is 371 g/mol. The van der Waals surface area contributed by atoms with Crippen molar-refractivity contribution in [1.82, 2.24) is 20.5 Å². The van der Waals surface area contributed by atoms with Crippen LogP contribution in [0.3, 0.4) is 0 Å². The third-order valence-corrected chi connectivity index (χ3v) is 4.31. The van der Waals surface area contributed by atoms with E-state index in [1.54, 1.807) is 0 Å². The van der Waals surface area contributed by atoms with Gasteiger partial charge < -0.3 is 14.7 Å². The maximum absolute atomic E-state index is 11.6. The van der Waals surface area contributed by atoms with Gasteiger partial charge >= 0.3 is 0 Å². The quantitative estimate of drug-likeness (QED) is 0.507. The predicted molar refractivity (Wildman–Crippen MR) is 103 cm³/mol. The molecule has 7 heteroatoms. The predicted octanol–water partition coefficient (Wildman–Crippen LogP) is 2.99. The number of rotatable bonds is 6. The molecule has 2 aromatic heterocycles. The fourth-order valence-electron chi connectivity index (χ4n) is 3.03. The van der Waals surface area contributed by atoms with Crippen LogP contribution in [0.5, 0.6) is 0 Å². The summed E-state index contributed by atoms with van der Waals surface area (Å²) in [6.07, 6.45) is 0.407. The van der Waals surface area contributed by atoms with Crippen LogP contribution in [0.25, 0.3) is 22.0 Å². The van der Waals surface area contributed by atoms with Crippen molar-refractivity contribution >= 4 is 16.8 Å². The van der Waals surface area contributed by atoms with Crippen LogP contribution in [-0.4, -0.2) is 27.6 Å². The van der Waals surface area contributed by atoms with Crippen molar-refractivity contribution in [3.05, 3.63) is 72.1 Å². The molecule has 2 aromatic carbocycles. The Hall–Kier alpha value is -3.92. The molecule has 0 aliphatic carbocycles. The first kappa shape index (κ1) is 17.5. The first-order valence-electron chi connectivity index (χ1n) is 8.83. The number of hydrogen-bond acceptors (Lipinski definition) is 5. The molecule has 1 amide bonds. The molecule has 0 bridgehead atoms. The lowest BCUT2D eigenvalue weighted by Crippen LogP contribution is -2.25. The van der Waals surface area contributed by atoms with Crippen molar-refractivity contribution in [2.24, 2.45) is 0 Å². The van der Waals surface area contributed by atoms with E-state index in [1.807, 2.05) is 24.3 Å². The number of benzene rings is 2. The standard InChI is InChI=1S/C21H17N5O2/c22-8-9-23-19(27)13-21-26-25-20(28-21)12-17-11-16-10-15(6-7-18(16)24-17)14-4-2-1-3-5-14/h1-7,10-11,24H,9,12-13H2,(H,23,27). The van der Waals surface area contributed by atoms with Crippen LogP contribution in [-0.2, 0) is 17.6 Å². The first-order valence-corrected chi connectivity index (χ1v) is 8.83. The highest BCUT2D eigenvalue weighted by Gasteiger charge is 2.12. The second kappa shape index (κ2) is 7.76. The van der Waals surface area contributed by atoms with E-state index in [0.717, 1.165) is 22.2 Å². The van der Waals surface area contributed by atoms with E-state index in [0.29, 0.717) is 12.3 Å². The maximum Gasteiger partial charge on any atom is 0.230 e. The number of nitrogens with one attached hydrogen (secondary N) is 2. The van der Waals surface area contributed by atoms with Crippen molar-refractivity contribution in [2.45, 2.75) is 12.8 Å². The molecule has 28 heavy (non-hydrogen) atoms. The van der Waals surface area contributed by atoms with E-state index >= 15 is 0 Å². The summed E-state index contributed by atoms with van der Waals surface area (Å²) in [6, 6.07) is 20.4. The molecule has 0 spiro atoms. The Morgan fingerprint density at radius 3 is 2.71 bits per heavy atom. The van der Waals surface area contributed by atoms with Gasteiger partial charge in [-0.25, -0.2) is 0 Å². The molecule has 0 unspecified atom stereocenters. The summed E-state index contributed by atoms with van der Waals surface area (Å²) < 4.78 is 5.54. The van der Waals surface area contributed by atoms with E-state index < -0.39 is 0 Å². The number of fused-ring (bicyclic) bond motifs is 1. The molecule has 2 heterocycles.